The minimum absolute atomic E-state index is 0.519. The second kappa shape index (κ2) is 3.67. The molecule has 0 aliphatic carbocycles. The molecule has 9 heavy (non-hydrogen) atoms. The summed E-state index contributed by atoms with van der Waals surface area (Å²) in [6.07, 6.45) is 1.99. The molecule has 1 nitrogen and oxygen atoms in total. The van der Waals surface area contributed by atoms with Crippen LogP contribution in [0.15, 0.2) is 12.7 Å². The first-order valence-corrected chi connectivity index (χ1v) is 3.38. The van der Waals surface area contributed by atoms with E-state index in [0.717, 1.165) is 0 Å². The van der Waals surface area contributed by atoms with Crippen molar-refractivity contribution in [3.8, 4) is 0 Å². The zero-order chi connectivity index (χ0) is 7.44. The Balaban J connectivity index is 3.82. The SMILES string of the molecule is C=CC(C(C)C)N(C)C. The molecule has 0 heterocycles. The van der Waals surface area contributed by atoms with Crippen molar-refractivity contribution in [1.82, 2.24) is 4.90 Å². The topological polar surface area (TPSA) is 3.24 Å². The summed E-state index contributed by atoms with van der Waals surface area (Å²) in [7, 11) is 4.15. The molecule has 0 N–H and O–H groups in total. The molecule has 0 radical (unpaired) electrons. The molecule has 1 unspecified atom stereocenters. The molecule has 54 valence electrons. The van der Waals surface area contributed by atoms with E-state index < -0.39 is 0 Å². The van der Waals surface area contributed by atoms with Crippen LogP contribution in [0.25, 0.3) is 0 Å². The fourth-order valence-electron chi connectivity index (χ4n) is 1.08. The molecule has 0 saturated carbocycles. The third-order valence-corrected chi connectivity index (χ3v) is 1.52. The Morgan fingerprint density at radius 1 is 1.33 bits per heavy atom. The van der Waals surface area contributed by atoms with Gasteiger partial charge in [0.15, 0.2) is 0 Å². The lowest BCUT2D eigenvalue weighted by Crippen LogP contribution is -2.30. The summed E-state index contributed by atoms with van der Waals surface area (Å²) in [5.74, 6) is 0.664. The zero-order valence-electron chi connectivity index (χ0n) is 6.89. The summed E-state index contributed by atoms with van der Waals surface area (Å²) in [5, 5.41) is 0. The van der Waals surface area contributed by atoms with Crippen LogP contribution in [0.3, 0.4) is 0 Å². The van der Waals surface area contributed by atoms with Crippen molar-refractivity contribution in [1.29, 1.82) is 0 Å². The molecule has 0 aromatic heterocycles. The Morgan fingerprint density at radius 3 is 1.78 bits per heavy atom. The van der Waals surface area contributed by atoms with Gasteiger partial charge in [0.25, 0.3) is 0 Å². The van der Waals surface area contributed by atoms with Gasteiger partial charge >= 0.3 is 0 Å². The third-order valence-electron chi connectivity index (χ3n) is 1.52. The summed E-state index contributed by atoms with van der Waals surface area (Å²) in [4.78, 5) is 2.18. The van der Waals surface area contributed by atoms with Gasteiger partial charge in [-0.1, -0.05) is 19.9 Å². The molecule has 0 bridgehead atoms. The molecule has 0 aliphatic heterocycles. The highest BCUT2D eigenvalue weighted by Gasteiger charge is 2.09. The first-order chi connectivity index (χ1) is 4.09. The lowest BCUT2D eigenvalue weighted by molar-refractivity contribution is 0.280. The maximum Gasteiger partial charge on any atom is 0.0292 e. The normalized spacial score (nSPS) is 14.4. The van der Waals surface area contributed by atoms with E-state index in [0.29, 0.717) is 12.0 Å². The van der Waals surface area contributed by atoms with Crippen LogP contribution in [0.5, 0.6) is 0 Å². The van der Waals surface area contributed by atoms with Crippen molar-refractivity contribution < 1.29 is 0 Å². The van der Waals surface area contributed by atoms with Gasteiger partial charge in [0, 0.05) is 6.04 Å². The van der Waals surface area contributed by atoms with Crippen molar-refractivity contribution in [3.05, 3.63) is 12.7 Å². The van der Waals surface area contributed by atoms with Gasteiger partial charge in [-0.25, -0.2) is 0 Å². The van der Waals surface area contributed by atoms with Gasteiger partial charge in [-0.3, -0.25) is 0 Å². The minimum Gasteiger partial charge on any atom is -0.303 e. The van der Waals surface area contributed by atoms with E-state index in [9.17, 15) is 0 Å². The van der Waals surface area contributed by atoms with Crippen LogP contribution >= 0.6 is 0 Å². The molecule has 0 rings (SSSR count). The van der Waals surface area contributed by atoms with Crippen LogP contribution in [0.4, 0.5) is 0 Å². The maximum atomic E-state index is 3.76. The van der Waals surface area contributed by atoms with Crippen molar-refractivity contribution in [3.63, 3.8) is 0 Å². The van der Waals surface area contributed by atoms with Crippen molar-refractivity contribution in [2.24, 2.45) is 5.92 Å². The van der Waals surface area contributed by atoms with E-state index >= 15 is 0 Å². The molecular formula is C8H17N. The summed E-state index contributed by atoms with van der Waals surface area (Å²) in [5.41, 5.74) is 0. The first kappa shape index (κ1) is 8.70. The van der Waals surface area contributed by atoms with Gasteiger partial charge in [-0.2, -0.15) is 0 Å². The molecule has 0 spiro atoms. The summed E-state index contributed by atoms with van der Waals surface area (Å²) in [6, 6.07) is 0.519. The molecule has 0 saturated heterocycles. The lowest BCUT2D eigenvalue weighted by Gasteiger charge is -2.23. The summed E-state index contributed by atoms with van der Waals surface area (Å²) in [6.45, 7) is 8.16. The average Bonchev–Trinajstić information content (AvgIpc) is 1.64. The summed E-state index contributed by atoms with van der Waals surface area (Å²) >= 11 is 0. The molecule has 0 fully saturated rings. The van der Waals surface area contributed by atoms with Gasteiger partial charge < -0.3 is 4.90 Å². The number of likely N-dealkylation sites (N-methyl/N-ethyl adjacent to an activating group) is 1. The molecule has 0 amide bonds. The molecule has 0 aliphatic rings. The number of nitrogens with zero attached hydrogens (tertiary/aromatic N) is 1. The predicted octanol–water partition coefficient (Wildman–Crippen LogP) is 1.76. The predicted molar refractivity (Wildman–Crippen MR) is 42.5 cm³/mol. The Morgan fingerprint density at radius 2 is 1.78 bits per heavy atom. The van der Waals surface area contributed by atoms with Crippen molar-refractivity contribution in [2.75, 3.05) is 14.1 Å². The number of rotatable bonds is 3. The molecule has 1 heteroatoms. The van der Waals surface area contributed by atoms with Gasteiger partial charge in [0.2, 0.25) is 0 Å². The Kier molecular flexibility index (Phi) is 3.55. The quantitative estimate of drug-likeness (QED) is 0.522. The fourth-order valence-corrected chi connectivity index (χ4v) is 1.08. The molecule has 1 atom stereocenters. The van der Waals surface area contributed by atoms with E-state index in [4.69, 9.17) is 0 Å². The number of hydrogen-bond acceptors (Lipinski definition) is 1. The lowest BCUT2D eigenvalue weighted by atomic mass is 10.0. The second-order valence-corrected chi connectivity index (χ2v) is 2.93. The highest BCUT2D eigenvalue weighted by molar-refractivity contribution is 4.87. The van der Waals surface area contributed by atoms with E-state index in [-0.39, 0.29) is 0 Å². The van der Waals surface area contributed by atoms with Crippen LogP contribution in [0.2, 0.25) is 0 Å². The van der Waals surface area contributed by atoms with Gasteiger partial charge in [-0.15, -0.1) is 6.58 Å². The molecular weight excluding hydrogens is 110 g/mol. The first-order valence-electron chi connectivity index (χ1n) is 3.38. The van der Waals surface area contributed by atoms with Crippen LogP contribution in [0, 0.1) is 5.92 Å². The minimum atomic E-state index is 0.519. The number of hydrogen-bond donors (Lipinski definition) is 0. The molecule has 0 aromatic rings. The van der Waals surface area contributed by atoms with E-state index in [2.05, 4.69) is 39.4 Å². The third kappa shape index (κ3) is 2.66. The Labute approximate surface area is 58.4 Å². The standard InChI is InChI=1S/C8H17N/c1-6-8(7(2)3)9(4)5/h6-8H,1H2,2-5H3. The largest absolute Gasteiger partial charge is 0.303 e. The van der Waals surface area contributed by atoms with Crippen LogP contribution in [0.1, 0.15) is 13.8 Å². The van der Waals surface area contributed by atoms with Crippen molar-refractivity contribution >= 4 is 0 Å². The van der Waals surface area contributed by atoms with E-state index in [1.807, 2.05) is 6.08 Å². The highest BCUT2D eigenvalue weighted by atomic mass is 15.1. The smallest absolute Gasteiger partial charge is 0.0292 e. The van der Waals surface area contributed by atoms with Gasteiger partial charge in [-0.05, 0) is 20.0 Å². The average molecular weight is 127 g/mol. The second-order valence-electron chi connectivity index (χ2n) is 2.93. The molecule has 0 aromatic carbocycles. The van der Waals surface area contributed by atoms with Gasteiger partial charge in [0.1, 0.15) is 0 Å². The fraction of sp³-hybridized carbons (Fsp3) is 0.750. The Hall–Kier alpha value is -0.300. The van der Waals surface area contributed by atoms with Crippen molar-refractivity contribution in [2.45, 2.75) is 19.9 Å². The van der Waals surface area contributed by atoms with Crippen LogP contribution in [-0.4, -0.2) is 25.0 Å². The van der Waals surface area contributed by atoms with E-state index in [1.54, 1.807) is 0 Å². The van der Waals surface area contributed by atoms with Crippen LogP contribution in [-0.2, 0) is 0 Å². The summed E-state index contributed by atoms with van der Waals surface area (Å²) < 4.78 is 0. The monoisotopic (exact) mass is 127 g/mol. The van der Waals surface area contributed by atoms with E-state index in [1.165, 1.54) is 0 Å². The van der Waals surface area contributed by atoms with Crippen LogP contribution < -0.4 is 0 Å². The Bertz CT molecular complexity index is 76.6. The highest BCUT2D eigenvalue weighted by Crippen LogP contribution is 2.06. The van der Waals surface area contributed by atoms with Gasteiger partial charge in [0.05, 0.1) is 0 Å². The maximum absolute atomic E-state index is 3.76. The zero-order valence-corrected chi connectivity index (χ0v) is 6.89.